The number of rotatable bonds is 3. The lowest BCUT2D eigenvalue weighted by molar-refractivity contribution is 0.147. The number of methoxy groups -OCH3 is 1. The topological polar surface area (TPSA) is 22.1 Å². The minimum atomic E-state index is -2.67. The van der Waals surface area contributed by atoms with E-state index >= 15 is 0 Å². The first-order chi connectivity index (χ1) is 6.61. The number of halogens is 4. The van der Waals surface area contributed by atoms with Crippen molar-refractivity contribution in [2.45, 2.75) is 11.8 Å². The van der Waals surface area contributed by atoms with Gasteiger partial charge >= 0.3 is 0 Å². The second-order valence-corrected chi connectivity index (χ2v) is 3.40. The van der Waals surface area contributed by atoms with Crippen LogP contribution in [0.3, 0.4) is 0 Å². The average Bonchev–Trinajstić information content (AvgIpc) is 2.16. The van der Waals surface area contributed by atoms with Crippen LogP contribution in [0, 0.1) is 0 Å². The molecule has 1 aromatic heterocycles. The highest BCUT2D eigenvalue weighted by Crippen LogP contribution is 2.37. The third-order valence-corrected chi connectivity index (χ3v) is 2.48. The van der Waals surface area contributed by atoms with Gasteiger partial charge in [-0.3, -0.25) is 4.98 Å². The van der Waals surface area contributed by atoms with Crippen molar-refractivity contribution >= 4 is 27.5 Å². The molecule has 0 aliphatic rings. The van der Waals surface area contributed by atoms with E-state index in [0.717, 1.165) is 0 Å². The maximum atomic E-state index is 12.6. The van der Waals surface area contributed by atoms with Crippen LogP contribution in [-0.2, 0) is 5.33 Å². The zero-order valence-corrected chi connectivity index (χ0v) is 9.57. The molecule has 0 aliphatic carbocycles. The first-order valence-electron chi connectivity index (χ1n) is 3.67. The molecule has 0 atom stereocenters. The van der Waals surface area contributed by atoms with Crippen LogP contribution in [0.15, 0.2) is 6.20 Å². The van der Waals surface area contributed by atoms with Crippen LogP contribution in [0.4, 0.5) is 8.78 Å². The summed E-state index contributed by atoms with van der Waals surface area (Å²) in [5.74, 6) is 0.0457. The van der Waals surface area contributed by atoms with Crippen molar-refractivity contribution in [3.05, 3.63) is 22.5 Å². The summed E-state index contributed by atoms with van der Waals surface area (Å²) in [5.41, 5.74) is 0.103. The predicted molar refractivity (Wildman–Crippen MR) is 53.4 cm³/mol. The molecule has 0 saturated carbocycles. The van der Waals surface area contributed by atoms with Crippen molar-refractivity contribution in [1.82, 2.24) is 4.98 Å². The van der Waals surface area contributed by atoms with Gasteiger partial charge in [0.25, 0.3) is 6.43 Å². The van der Waals surface area contributed by atoms with Gasteiger partial charge in [0, 0.05) is 11.5 Å². The maximum Gasteiger partial charge on any atom is 0.268 e. The zero-order valence-electron chi connectivity index (χ0n) is 7.23. The van der Waals surface area contributed by atoms with Gasteiger partial charge in [-0.25, -0.2) is 8.78 Å². The van der Waals surface area contributed by atoms with Gasteiger partial charge in [0.15, 0.2) is 5.75 Å². The highest BCUT2D eigenvalue weighted by molar-refractivity contribution is 9.08. The number of pyridine rings is 1. The number of hydrogen-bond acceptors (Lipinski definition) is 2. The van der Waals surface area contributed by atoms with Crippen LogP contribution in [0.2, 0.25) is 5.02 Å². The molecule has 1 heterocycles. The molecule has 0 N–H and O–H groups in total. The van der Waals surface area contributed by atoms with Crippen LogP contribution in [0.25, 0.3) is 0 Å². The Balaban J connectivity index is 3.35. The molecular formula is C8H7BrClF2NO. The molecule has 0 bridgehead atoms. The average molecular weight is 287 g/mol. The molecule has 0 aliphatic heterocycles. The van der Waals surface area contributed by atoms with Crippen molar-refractivity contribution in [3.8, 4) is 5.75 Å². The Morgan fingerprint density at radius 2 is 2.29 bits per heavy atom. The molecular weight excluding hydrogens is 279 g/mol. The smallest absolute Gasteiger partial charge is 0.268 e. The lowest BCUT2D eigenvalue weighted by Crippen LogP contribution is -2.00. The van der Waals surface area contributed by atoms with E-state index in [1.165, 1.54) is 13.3 Å². The van der Waals surface area contributed by atoms with Crippen molar-refractivity contribution in [2.24, 2.45) is 0 Å². The quantitative estimate of drug-likeness (QED) is 0.792. The molecule has 0 fully saturated rings. The van der Waals surface area contributed by atoms with Crippen molar-refractivity contribution in [1.29, 1.82) is 0 Å². The molecule has 2 nitrogen and oxygen atoms in total. The molecule has 78 valence electrons. The number of hydrogen-bond donors (Lipinski definition) is 0. The van der Waals surface area contributed by atoms with E-state index in [-0.39, 0.29) is 16.3 Å². The lowest BCUT2D eigenvalue weighted by Gasteiger charge is -2.11. The summed E-state index contributed by atoms with van der Waals surface area (Å²) in [6.07, 6.45) is -1.47. The minimum absolute atomic E-state index is 0.0457. The largest absolute Gasteiger partial charge is 0.494 e. The van der Waals surface area contributed by atoms with Gasteiger partial charge in [0.05, 0.1) is 23.4 Å². The molecule has 0 amide bonds. The van der Waals surface area contributed by atoms with E-state index in [2.05, 4.69) is 20.9 Å². The first-order valence-corrected chi connectivity index (χ1v) is 5.17. The highest BCUT2D eigenvalue weighted by Gasteiger charge is 2.21. The Hall–Kier alpha value is -0.420. The van der Waals surface area contributed by atoms with Gasteiger partial charge in [0.2, 0.25) is 0 Å². The van der Waals surface area contributed by atoms with Crippen molar-refractivity contribution in [2.75, 3.05) is 7.11 Å². The first kappa shape index (κ1) is 11.7. The molecule has 6 heteroatoms. The summed E-state index contributed by atoms with van der Waals surface area (Å²) in [6, 6.07) is 0. The van der Waals surface area contributed by atoms with Crippen LogP contribution < -0.4 is 4.74 Å². The molecule has 0 spiro atoms. The minimum Gasteiger partial charge on any atom is -0.494 e. The summed E-state index contributed by atoms with van der Waals surface area (Å²) in [6.45, 7) is 0. The predicted octanol–water partition coefficient (Wildman–Crippen LogP) is 3.58. The summed E-state index contributed by atoms with van der Waals surface area (Å²) in [7, 11) is 1.31. The van der Waals surface area contributed by atoms with Crippen LogP contribution in [0.1, 0.15) is 17.7 Å². The van der Waals surface area contributed by atoms with E-state index in [0.29, 0.717) is 11.0 Å². The van der Waals surface area contributed by atoms with Gasteiger partial charge < -0.3 is 4.74 Å². The van der Waals surface area contributed by atoms with Gasteiger partial charge in [-0.15, -0.1) is 0 Å². The number of aromatic nitrogens is 1. The van der Waals surface area contributed by atoms with E-state index in [9.17, 15) is 8.78 Å². The summed E-state index contributed by atoms with van der Waals surface area (Å²) in [4.78, 5) is 3.87. The zero-order chi connectivity index (χ0) is 10.7. The molecule has 0 radical (unpaired) electrons. The lowest BCUT2D eigenvalue weighted by atomic mass is 10.2. The molecule has 0 unspecified atom stereocenters. The summed E-state index contributed by atoms with van der Waals surface area (Å²) < 4.78 is 30.0. The fourth-order valence-electron chi connectivity index (χ4n) is 1.05. The fraction of sp³-hybridized carbons (Fsp3) is 0.375. The van der Waals surface area contributed by atoms with E-state index < -0.39 is 6.43 Å². The number of nitrogens with zero attached hydrogens (tertiary/aromatic N) is 1. The summed E-state index contributed by atoms with van der Waals surface area (Å²) >= 11 is 8.72. The Morgan fingerprint density at radius 1 is 1.64 bits per heavy atom. The third-order valence-electron chi connectivity index (χ3n) is 1.65. The van der Waals surface area contributed by atoms with Gasteiger partial charge in [-0.1, -0.05) is 27.5 Å². The number of alkyl halides is 3. The van der Waals surface area contributed by atoms with Crippen LogP contribution in [0.5, 0.6) is 5.75 Å². The molecule has 1 rings (SSSR count). The normalized spacial score (nSPS) is 10.7. The Kier molecular flexibility index (Phi) is 4.07. The second-order valence-electron chi connectivity index (χ2n) is 2.43. The van der Waals surface area contributed by atoms with Crippen molar-refractivity contribution < 1.29 is 13.5 Å². The van der Waals surface area contributed by atoms with Gasteiger partial charge in [-0.2, -0.15) is 0 Å². The van der Waals surface area contributed by atoms with Gasteiger partial charge in [0.1, 0.15) is 0 Å². The molecule has 1 aromatic rings. The SMILES string of the molecule is COc1c(CBr)ncc(Cl)c1C(F)F. The number of ether oxygens (including phenoxy) is 1. The standard InChI is InChI=1S/C8H7BrClF2NO/c1-14-7-5(2-9)13-3-4(10)6(7)8(11)12/h3,8H,2H2,1H3. The van der Waals surface area contributed by atoms with Crippen LogP contribution >= 0.6 is 27.5 Å². The van der Waals surface area contributed by atoms with E-state index in [4.69, 9.17) is 16.3 Å². The Bertz CT molecular complexity index is 335. The van der Waals surface area contributed by atoms with Gasteiger partial charge in [-0.05, 0) is 0 Å². The van der Waals surface area contributed by atoms with E-state index in [1.807, 2.05) is 0 Å². The second kappa shape index (κ2) is 4.89. The third kappa shape index (κ3) is 2.15. The molecule has 0 aromatic carbocycles. The fourth-order valence-corrected chi connectivity index (χ4v) is 1.67. The van der Waals surface area contributed by atoms with Crippen LogP contribution in [-0.4, -0.2) is 12.1 Å². The molecule has 0 saturated heterocycles. The van der Waals surface area contributed by atoms with Crippen molar-refractivity contribution in [3.63, 3.8) is 0 Å². The Morgan fingerprint density at radius 3 is 2.71 bits per heavy atom. The summed E-state index contributed by atoms with van der Waals surface area (Å²) in [5, 5.41) is 0.258. The Labute approximate surface area is 93.4 Å². The van der Waals surface area contributed by atoms with E-state index in [1.54, 1.807) is 0 Å². The monoisotopic (exact) mass is 285 g/mol. The maximum absolute atomic E-state index is 12.6. The highest BCUT2D eigenvalue weighted by atomic mass is 79.9. The molecule has 14 heavy (non-hydrogen) atoms.